The number of rotatable bonds is 2. The summed E-state index contributed by atoms with van der Waals surface area (Å²) in [4.78, 5) is 17.3. The Balaban J connectivity index is 1.76. The first-order chi connectivity index (χ1) is 13.6. The Kier molecular flexibility index (Phi) is 3.55. The van der Waals surface area contributed by atoms with Gasteiger partial charge in [-0.25, -0.2) is 4.98 Å². The number of aryl methyl sites for hydroxylation is 1. The molecule has 0 bridgehead atoms. The molecule has 1 aliphatic heterocycles. The van der Waals surface area contributed by atoms with Gasteiger partial charge in [0.15, 0.2) is 5.76 Å². The molecule has 0 radical (unpaired) electrons. The molecule has 0 saturated carbocycles. The van der Waals surface area contributed by atoms with Crippen molar-refractivity contribution in [2.75, 3.05) is 0 Å². The number of benzene rings is 2. The van der Waals surface area contributed by atoms with E-state index in [0.29, 0.717) is 5.75 Å². The summed E-state index contributed by atoms with van der Waals surface area (Å²) >= 11 is 0. The third kappa shape index (κ3) is 2.33. The first-order valence-corrected chi connectivity index (χ1v) is 8.90. The van der Waals surface area contributed by atoms with E-state index in [1.165, 1.54) is 6.07 Å². The average Bonchev–Trinajstić information content (AvgIpc) is 3.19. The second kappa shape index (κ2) is 6.09. The lowest BCUT2D eigenvalue weighted by Crippen LogP contribution is -1.99. The maximum Gasteiger partial charge on any atom is 0.235 e. The molecule has 0 unspecified atom stereocenters. The third-order valence-electron chi connectivity index (χ3n) is 4.98. The zero-order chi connectivity index (χ0) is 19.3. The van der Waals surface area contributed by atoms with E-state index >= 15 is 0 Å². The van der Waals surface area contributed by atoms with Gasteiger partial charge in [-0.3, -0.25) is 4.79 Å². The Hall–Kier alpha value is -3.86. The number of aromatic hydroxyl groups is 1. The summed E-state index contributed by atoms with van der Waals surface area (Å²) in [6.45, 7) is 0. The minimum Gasteiger partial charge on any atom is -0.507 e. The number of Topliss-reactive ketones (excluding diaryl/α,β-unsaturated/α-hetero) is 1. The van der Waals surface area contributed by atoms with Gasteiger partial charge >= 0.3 is 0 Å². The summed E-state index contributed by atoms with van der Waals surface area (Å²) in [6, 6.07) is 18.6. The van der Waals surface area contributed by atoms with Crippen LogP contribution < -0.4 is 4.74 Å². The lowest BCUT2D eigenvalue weighted by atomic mass is 10.0. The maximum absolute atomic E-state index is 12.8. The number of ether oxygens (including phenoxy) is 1. The second-order valence-electron chi connectivity index (χ2n) is 6.65. The minimum absolute atomic E-state index is 0.0752. The zero-order valence-electron chi connectivity index (χ0n) is 15.1. The van der Waals surface area contributed by atoms with Gasteiger partial charge in [-0.15, -0.1) is 0 Å². The van der Waals surface area contributed by atoms with Crippen molar-refractivity contribution in [3.63, 3.8) is 0 Å². The largest absolute Gasteiger partial charge is 0.507 e. The van der Waals surface area contributed by atoms with E-state index in [-0.39, 0.29) is 22.9 Å². The molecule has 136 valence electrons. The standard InChI is InChI=1S/C23H16N2O3/c1-25-21(14-7-3-2-4-8-14)16(15-9-6-12-24-23(15)25)13-19-22(27)20-17(26)10-5-11-18(20)28-19/h2-13,26H,1H3/b19-13-. The number of pyridine rings is 1. The molecular weight excluding hydrogens is 352 g/mol. The summed E-state index contributed by atoms with van der Waals surface area (Å²) in [5, 5.41) is 11.0. The third-order valence-corrected chi connectivity index (χ3v) is 4.98. The highest BCUT2D eigenvalue weighted by atomic mass is 16.5. The monoisotopic (exact) mass is 368 g/mol. The second-order valence-corrected chi connectivity index (χ2v) is 6.65. The van der Waals surface area contributed by atoms with Crippen LogP contribution in [0.4, 0.5) is 0 Å². The normalized spacial score (nSPS) is 14.5. The summed E-state index contributed by atoms with van der Waals surface area (Å²) < 4.78 is 7.79. The predicted molar refractivity (Wildman–Crippen MR) is 107 cm³/mol. The Morgan fingerprint density at radius 2 is 1.86 bits per heavy atom. The van der Waals surface area contributed by atoms with Crippen LogP contribution in [0.25, 0.3) is 28.4 Å². The summed E-state index contributed by atoms with van der Waals surface area (Å²) in [6.07, 6.45) is 3.49. The Bertz CT molecular complexity index is 1270. The summed E-state index contributed by atoms with van der Waals surface area (Å²) in [5.74, 6) is 0.155. The highest BCUT2D eigenvalue weighted by molar-refractivity contribution is 6.17. The van der Waals surface area contributed by atoms with Gasteiger partial charge in [0.25, 0.3) is 0 Å². The van der Waals surface area contributed by atoms with E-state index < -0.39 is 0 Å². The number of hydrogen-bond acceptors (Lipinski definition) is 4. The maximum atomic E-state index is 12.8. The van der Waals surface area contributed by atoms with Crippen LogP contribution in [0.1, 0.15) is 15.9 Å². The molecule has 0 saturated heterocycles. The predicted octanol–water partition coefficient (Wildman–Crippen LogP) is 4.56. The van der Waals surface area contributed by atoms with Crippen molar-refractivity contribution in [1.29, 1.82) is 0 Å². The number of allylic oxidation sites excluding steroid dienone is 1. The fourth-order valence-electron chi connectivity index (χ4n) is 3.73. The van der Waals surface area contributed by atoms with Gasteiger partial charge < -0.3 is 14.4 Å². The summed E-state index contributed by atoms with van der Waals surface area (Å²) in [5.41, 5.74) is 3.83. The lowest BCUT2D eigenvalue weighted by molar-refractivity contribution is 0.101. The number of carbonyl (C=O) groups is 1. The van der Waals surface area contributed by atoms with Crippen molar-refractivity contribution >= 4 is 22.9 Å². The molecule has 4 aromatic rings. The molecule has 2 aromatic heterocycles. The van der Waals surface area contributed by atoms with Gasteiger partial charge in [-0.1, -0.05) is 36.4 Å². The molecule has 0 amide bonds. The Morgan fingerprint density at radius 1 is 1.04 bits per heavy atom. The quantitative estimate of drug-likeness (QED) is 0.527. The smallest absolute Gasteiger partial charge is 0.235 e. The van der Waals surface area contributed by atoms with Gasteiger partial charge in [0.1, 0.15) is 22.7 Å². The number of carbonyl (C=O) groups excluding carboxylic acids is 1. The van der Waals surface area contributed by atoms with Crippen LogP contribution in [-0.2, 0) is 7.05 Å². The Labute approximate surface area is 161 Å². The molecular formula is C23H16N2O3. The topological polar surface area (TPSA) is 64.3 Å². The average molecular weight is 368 g/mol. The fourth-order valence-corrected chi connectivity index (χ4v) is 3.73. The zero-order valence-corrected chi connectivity index (χ0v) is 15.1. The fraction of sp³-hybridized carbons (Fsp3) is 0.0435. The molecule has 5 nitrogen and oxygen atoms in total. The van der Waals surface area contributed by atoms with E-state index in [1.54, 1.807) is 24.4 Å². The van der Waals surface area contributed by atoms with Gasteiger partial charge in [0.2, 0.25) is 5.78 Å². The number of phenolic OH excluding ortho intramolecular Hbond substituents is 1. The van der Waals surface area contributed by atoms with E-state index in [4.69, 9.17) is 4.74 Å². The molecule has 1 N–H and O–H groups in total. The number of ketones is 1. The molecule has 1 aliphatic rings. The Morgan fingerprint density at radius 3 is 2.64 bits per heavy atom. The SMILES string of the molecule is Cn1c(-c2ccccc2)c(/C=C2\Oc3cccc(O)c3C2=O)c2cccnc21. The van der Waals surface area contributed by atoms with Crippen LogP contribution in [0.3, 0.4) is 0 Å². The van der Waals surface area contributed by atoms with Gasteiger partial charge in [-0.05, 0) is 35.9 Å². The molecule has 0 spiro atoms. The van der Waals surface area contributed by atoms with Crippen molar-refractivity contribution < 1.29 is 14.6 Å². The number of phenols is 1. The molecule has 0 fully saturated rings. The molecule has 3 heterocycles. The highest BCUT2D eigenvalue weighted by Gasteiger charge is 2.31. The van der Waals surface area contributed by atoms with E-state index in [0.717, 1.165) is 27.9 Å². The van der Waals surface area contributed by atoms with E-state index in [9.17, 15) is 9.90 Å². The van der Waals surface area contributed by atoms with E-state index in [2.05, 4.69) is 4.98 Å². The van der Waals surface area contributed by atoms with Crippen molar-refractivity contribution in [3.05, 3.63) is 83.7 Å². The lowest BCUT2D eigenvalue weighted by Gasteiger charge is -2.06. The first kappa shape index (κ1) is 16.3. The number of nitrogens with zero attached hydrogens (tertiary/aromatic N) is 2. The van der Waals surface area contributed by atoms with Crippen LogP contribution >= 0.6 is 0 Å². The number of aromatic nitrogens is 2. The molecule has 0 atom stereocenters. The summed E-state index contributed by atoms with van der Waals surface area (Å²) in [7, 11) is 1.96. The van der Waals surface area contributed by atoms with E-state index in [1.807, 2.05) is 54.1 Å². The van der Waals surface area contributed by atoms with Crippen LogP contribution in [0.5, 0.6) is 11.5 Å². The van der Waals surface area contributed by atoms with Crippen molar-refractivity contribution in [2.24, 2.45) is 7.05 Å². The van der Waals surface area contributed by atoms with Gasteiger partial charge in [0, 0.05) is 24.2 Å². The molecule has 5 heteroatoms. The molecule has 28 heavy (non-hydrogen) atoms. The van der Waals surface area contributed by atoms with Crippen molar-refractivity contribution in [1.82, 2.24) is 9.55 Å². The van der Waals surface area contributed by atoms with Crippen LogP contribution in [0.2, 0.25) is 0 Å². The minimum atomic E-state index is -0.326. The first-order valence-electron chi connectivity index (χ1n) is 8.90. The van der Waals surface area contributed by atoms with Crippen molar-refractivity contribution in [2.45, 2.75) is 0 Å². The van der Waals surface area contributed by atoms with Crippen LogP contribution in [0.15, 0.2) is 72.6 Å². The van der Waals surface area contributed by atoms with Crippen molar-refractivity contribution in [3.8, 4) is 22.8 Å². The molecule has 0 aliphatic carbocycles. The molecule has 2 aromatic carbocycles. The van der Waals surface area contributed by atoms with Crippen LogP contribution in [0, 0.1) is 0 Å². The van der Waals surface area contributed by atoms with Gasteiger partial charge in [0.05, 0.1) is 5.69 Å². The molecule has 5 rings (SSSR count). The highest BCUT2D eigenvalue weighted by Crippen LogP contribution is 2.39. The number of fused-ring (bicyclic) bond motifs is 2. The number of hydrogen-bond donors (Lipinski definition) is 1. The van der Waals surface area contributed by atoms with Gasteiger partial charge in [-0.2, -0.15) is 0 Å². The van der Waals surface area contributed by atoms with Crippen LogP contribution in [-0.4, -0.2) is 20.4 Å².